The van der Waals surface area contributed by atoms with Crippen LogP contribution < -0.4 is 5.73 Å². The Morgan fingerprint density at radius 1 is 1.50 bits per heavy atom. The highest BCUT2D eigenvalue weighted by atomic mass is 15.7. The van der Waals surface area contributed by atoms with Crippen molar-refractivity contribution in [2.75, 3.05) is 13.7 Å². The molecule has 2 aliphatic rings. The number of rotatable bonds is 0. The van der Waals surface area contributed by atoms with Crippen molar-refractivity contribution in [1.29, 1.82) is 0 Å². The first-order valence-electron chi connectivity index (χ1n) is 3.89. The van der Waals surface area contributed by atoms with E-state index in [4.69, 9.17) is 5.73 Å². The maximum Gasteiger partial charge on any atom is 0.146 e. The second-order valence-corrected chi connectivity index (χ2v) is 3.06. The Hall–Kier alpha value is -1.29. The van der Waals surface area contributed by atoms with E-state index in [1.165, 1.54) is 0 Å². The molecule has 0 atom stereocenters. The minimum atomic E-state index is 0.713. The van der Waals surface area contributed by atoms with Crippen LogP contribution in [0, 0.1) is 0 Å². The molecule has 0 spiro atoms. The van der Waals surface area contributed by atoms with E-state index in [1.54, 1.807) is 0 Å². The summed E-state index contributed by atoms with van der Waals surface area (Å²) in [5, 5.41) is 4.10. The van der Waals surface area contributed by atoms with Gasteiger partial charge in [-0.1, -0.05) is 0 Å². The minimum absolute atomic E-state index is 0.713. The molecule has 64 valence electrons. The first kappa shape index (κ1) is 7.36. The lowest BCUT2D eigenvalue weighted by molar-refractivity contribution is 0.143. The largest absolute Gasteiger partial charge is 0.399 e. The molecular formula is C8H12N4. The van der Waals surface area contributed by atoms with Crippen molar-refractivity contribution in [3.63, 3.8) is 0 Å². The van der Waals surface area contributed by atoms with E-state index < -0.39 is 0 Å². The molecule has 0 aromatic heterocycles. The molecule has 2 N–H and O–H groups in total. The second kappa shape index (κ2) is 2.35. The van der Waals surface area contributed by atoms with Crippen LogP contribution >= 0.6 is 0 Å². The lowest BCUT2D eigenvalue weighted by Crippen LogP contribution is -2.38. The van der Waals surface area contributed by atoms with Gasteiger partial charge in [-0.25, -0.2) is 4.99 Å². The fourth-order valence-electron chi connectivity index (χ4n) is 1.53. The van der Waals surface area contributed by atoms with Crippen LogP contribution in [0.1, 0.15) is 6.92 Å². The van der Waals surface area contributed by atoms with Gasteiger partial charge in [0.05, 0.1) is 0 Å². The molecule has 0 saturated carbocycles. The molecule has 0 saturated heterocycles. The number of hydrazine groups is 1. The van der Waals surface area contributed by atoms with Crippen LogP contribution in [0.3, 0.4) is 0 Å². The third kappa shape index (κ3) is 0.921. The van der Waals surface area contributed by atoms with Gasteiger partial charge in [-0.05, 0) is 13.0 Å². The summed E-state index contributed by atoms with van der Waals surface area (Å²) < 4.78 is 0. The van der Waals surface area contributed by atoms with Crippen molar-refractivity contribution in [2.45, 2.75) is 6.92 Å². The maximum atomic E-state index is 5.69. The number of aliphatic imine (C=N–C) groups is 1. The first-order chi connectivity index (χ1) is 5.68. The van der Waals surface area contributed by atoms with E-state index in [0.717, 1.165) is 17.2 Å². The van der Waals surface area contributed by atoms with Crippen molar-refractivity contribution in [3.8, 4) is 0 Å². The number of nitrogens with zero attached hydrogens (tertiary/aromatic N) is 3. The Morgan fingerprint density at radius 2 is 2.25 bits per heavy atom. The van der Waals surface area contributed by atoms with Crippen LogP contribution in [0.25, 0.3) is 0 Å². The van der Waals surface area contributed by atoms with Gasteiger partial charge in [0.1, 0.15) is 12.5 Å². The predicted molar refractivity (Wildman–Crippen MR) is 47.9 cm³/mol. The van der Waals surface area contributed by atoms with Crippen molar-refractivity contribution in [3.05, 3.63) is 23.5 Å². The summed E-state index contributed by atoms with van der Waals surface area (Å²) in [7, 11) is 2.00. The molecule has 4 nitrogen and oxygen atoms in total. The fourth-order valence-corrected chi connectivity index (χ4v) is 1.53. The van der Waals surface area contributed by atoms with E-state index in [2.05, 4.69) is 10.0 Å². The Kier molecular flexibility index (Phi) is 1.44. The zero-order valence-electron chi connectivity index (χ0n) is 7.28. The molecule has 0 unspecified atom stereocenters. The molecule has 4 heteroatoms. The summed E-state index contributed by atoms with van der Waals surface area (Å²) in [6.07, 6.45) is 3.83. The molecule has 0 amide bonds. The number of nitrogens with two attached hydrogens (primary N) is 1. The molecule has 0 radical (unpaired) electrons. The molecule has 0 aliphatic carbocycles. The third-order valence-corrected chi connectivity index (χ3v) is 2.00. The average molecular weight is 164 g/mol. The van der Waals surface area contributed by atoms with Gasteiger partial charge in [0.2, 0.25) is 0 Å². The van der Waals surface area contributed by atoms with Crippen LogP contribution in [0.15, 0.2) is 28.5 Å². The van der Waals surface area contributed by atoms with Gasteiger partial charge in [0, 0.05) is 24.5 Å². The van der Waals surface area contributed by atoms with E-state index >= 15 is 0 Å². The van der Waals surface area contributed by atoms with E-state index in [0.29, 0.717) is 6.67 Å². The van der Waals surface area contributed by atoms with Crippen LogP contribution in [0.5, 0.6) is 0 Å². The molecule has 0 aromatic rings. The normalized spacial score (nSPS) is 23.2. The number of allylic oxidation sites excluding steroid dienone is 2. The van der Waals surface area contributed by atoms with Gasteiger partial charge in [0.15, 0.2) is 0 Å². The van der Waals surface area contributed by atoms with Crippen molar-refractivity contribution >= 4 is 5.84 Å². The van der Waals surface area contributed by atoms with Gasteiger partial charge in [-0.3, -0.25) is 5.01 Å². The van der Waals surface area contributed by atoms with Gasteiger partial charge in [-0.15, -0.1) is 0 Å². The Labute approximate surface area is 71.6 Å². The SMILES string of the molecule is CC1=CC(N)=CC2=NCN(C)N12. The van der Waals surface area contributed by atoms with E-state index in [1.807, 2.05) is 31.1 Å². The maximum absolute atomic E-state index is 5.69. The van der Waals surface area contributed by atoms with Crippen LogP contribution in [0.2, 0.25) is 0 Å². The predicted octanol–water partition coefficient (Wildman–Crippen LogP) is 0.265. The fraction of sp³-hybridized carbons (Fsp3) is 0.375. The van der Waals surface area contributed by atoms with Crippen molar-refractivity contribution in [1.82, 2.24) is 10.0 Å². The number of amidine groups is 1. The standard InChI is InChI=1S/C8H12N4/c1-6-3-7(9)4-8-10-5-11(2)12(6)8/h3-4H,5,9H2,1-2H3. The first-order valence-corrected chi connectivity index (χ1v) is 3.89. The number of hydrogen-bond acceptors (Lipinski definition) is 4. The van der Waals surface area contributed by atoms with Crippen molar-refractivity contribution in [2.24, 2.45) is 10.7 Å². The Morgan fingerprint density at radius 3 is 3.00 bits per heavy atom. The Balaban J connectivity index is 2.39. The topological polar surface area (TPSA) is 44.9 Å². The molecule has 2 heterocycles. The highest BCUT2D eigenvalue weighted by molar-refractivity contribution is 5.96. The van der Waals surface area contributed by atoms with Gasteiger partial charge >= 0.3 is 0 Å². The molecule has 0 fully saturated rings. The monoisotopic (exact) mass is 164 g/mol. The molecule has 0 aromatic carbocycles. The van der Waals surface area contributed by atoms with E-state index in [-0.39, 0.29) is 0 Å². The lowest BCUT2D eigenvalue weighted by atomic mass is 10.2. The van der Waals surface area contributed by atoms with Crippen LogP contribution in [0.4, 0.5) is 0 Å². The number of hydrogen-bond donors (Lipinski definition) is 1. The minimum Gasteiger partial charge on any atom is -0.399 e. The molecule has 2 rings (SSSR count). The molecule has 0 bridgehead atoms. The molecule has 12 heavy (non-hydrogen) atoms. The third-order valence-electron chi connectivity index (χ3n) is 2.00. The molecular weight excluding hydrogens is 152 g/mol. The van der Waals surface area contributed by atoms with Gasteiger partial charge < -0.3 is 5.73 Å². The zero-order chi connectivity index (χ0) is 8.72. The second-order valence-electron chi connectivity index (χ2n) is 3.06. The summed E-state index contributed by atoms with van der Waals surface area (Å²) in [5.41, 5.74) is 7.58. The van der Waals surface area contributed by atoms with Gasteiger partial charge in [-0.2, -0.15) is 5.01 Å². The summed E-state index contributed by atoms with van der Waals surface area (Å²) in [4.78, 5) is 4.31. The highest BCUT2D eigenvalue weighted by Crippen LogP contribution is 2.19. The summed E-state index contributed by atoms with van der Waals surface area (Å²) in [6.45, 7) is 2.74. The van der Waals surface area contributed by atoms with Crippen LogP contribution in [-0.4, -0.2) is 29.6 Å². The van der Waals surface area contributed by atoms with E-state index in [9.17, 15) is 0 Å². The smallest absolute Gasteiger partial charge is 0.146 e. The van der Waals surface area contributed by atoms with Crippen LogP contribution in [-0.2, 0) is 0 Å². The highest BCUT2D eigenvalue weighted by Gasteiger charge is 2.24. The van der Waals surface area contributed by atoms with Gasteiger partial charge in [0.25, 0.3) is 0 Å². The average Bonchev–Trinajstić information content (AvgIpc) is 2.31. The lowest BCUT2D eigenvalue weighted by Gasteiger charge is -2.29. The zero-order valence-corrected chi connectivity index (χ0v) is 7.28. The quantitative estimate of drug-likeness (QED) is 0.558. The summed E-state index contributed by atoms with van der Waals surface area (Å²) in [6, 6.07) is 0. The summed E-state index contributed by atoms with van der Waals surface area (Å²) in [5.74, 6) is 0.940. The van der Waals surface area contributed by atoms with Crippen molar-refractivity contribution < 1.29 is 0 Å². The summed E-state index contributed by atoms with van der Waals surface area (Å²) >= 11 is 0. The Bertz CT molecular complexity index is 300. The number of fused-ring (bicyclic) bond motifs is 1. The molecule has 2 aliphatic heterocycles.